The van der Waals surface area contributed by atoms with E-state index in [2.05, 4.69) is 21.2 Å². The van der Waals surface area contributed by atoms with Crippen molar-refractivity contribution < 1.29 is 9.59 Å². The number of amides is 2. The molecule has 1 saturated carbocycles. The largest absolute Gasteiger partial charge is 0.338 e. The van der Waals surface area contributed by atoms with Gasteiger partial charge in [0.2, 0.25) is 5.91 Å². The standard InChI is InChI=1S/C17H22BrN3O2.ClH/c18-15-5-3-14(4-6-15)17(23)21-9-7-20(8-10-21)16(22)12-19-11-13-1-2-13;/h3-6,13,19H,1-2,7-12H2;1H. The number of carbonyl (C=O) groups is 2. The van der Waals surface area contributed by atoms with E-state index in [9.17, 15) is 9.59 Å². The summed E-state index contributed by atoms with van der Waals surface area (Å²) < 4.78 is 0.961. The maximum absolute atomic E-state index is 12.4. The van der Waals surface area contributed by atoms with Gasteiger partial charge in [0.25, 0.3) is 5.91 Å². The van der Waals surface area contributed by atoms with Gasteiger partial charge in [0.05, 0.1) is 6.54 Å². The lowest BCUT2D eigenvalue weighted by atomic mass is 10.2. The van der Waals surface area contributed by atoms with Gasteiger partial charge in [-0.2, -0.15) is 0 Å². The molecule has 1 aromatic rings. The van der Waals surface area contributed by atoms with Gasteiger partial charge < -0.3 is 15.1 Å². The molecular formula is C17H23BrClN3O2. The van der Waals surface area contributed by atoms with Crippen molar-refractivity contribution in [2.75, 3.05) is 39.3 Å². The minimum Gasteiger partial charge on any atom is -0.338 e. The van der Waals surface area contributed by atoms with Crippen molar-refractivity contribution >= 4 is 40.2 Å². The Morgan fingerprint density at radius 3 is 2.21 bits per heavy atom. The average molecular weight is 417 g/mol. The zero-order valence-electron chi connectivity index (χ0n) is 13.5. The second kappa shape index (κ2) is 8.83. The molecule has 0 radical (unpaired) electrons. The van der Waals surface area contributed by atoms with Crippen LogP contribution in [0.2, 0.25) is 0 Å². The molecule has 2 aliphatic rings. The van der Waals surface area contributed by atoms with Gasteiger partial charge in [-0.05, 0) is 49.6 Å². The molecule has 1 saturated heterocycles. The molecule has 2 amide bonds. The molecule has 24 heavy (non-hydrogen) atoms. The van der Waals surface area contributed by atoms with Gasteiger partial charge in [-0.25, -0.2) is 0 Å². The highest BCUT2D eigenvalue weighted by molar-refractivity contribution is 9.10. The number of nitrogens with one attached hydrogen (secondary N) is 1. The van der Waals surface area contributed by atoms with Crippen LogP contribution in [0.3, 0.4) is 0 Å². The third-order valence-electron chi connectivity index (χ3n) is 4.42. The third kappa shape index (κ3) is 5.19. The van der Waals surface area contributed by atoms with Crippen molar-refractivity contribution in [2.45, 2.75) is 12.8 Å². The first-order chi connectivity index (χ1) is 11.1. The molecule has 7 heteroatoms. The molecule has 0 aromatic heterocycles. The second-order valence-corrected chi connectivity index (χ2v) is 7.17. The summed E-state index contributed by atoms with van der Waals surface area (Å²) >= 11 is 3.37. The number of benzene rings is 1. The van der Waals surface area contributed by atoms with Crippen LogP contribution in [0, 0.1) is 5.92 Å². The minimum atomic E-state index is 0. The first kappa shape index (κ1) is 19.2. The van der Waals surface area contributed by atoms with E-state index >= 15 is 0 Å². The minimum absolute atomic E-state index is 0. The molecule has 1 N–H and O–H groups in total. The Morgan fingerprint density at radius 1 is 1.04 bits per heavy atom. The molecule has 5 nitrogen and oxygen atoms in total. The van der Waals surface area contributed by atoms with Crippen LogP contribution in [0.4, 0.5) is 0 Å². The molecule has 3 rings (SSSR count). The lowest BCUT2D eigenvalue weighted by molar-refractivity contribution is -0.131. The summed E-state index contributed by atoms with van der Waals surface area (Å²) in [7, 11) is 0. The maximum atomic E-state index is 12.4. The summed E-state index contributed by atoms with van der Waals surface area (Å²) in [5.41, 5.74) is 0.694. The van der Waals surface area contributed by atoms with Crippen molar-refractivity contribution in [1.82, 2.24) is 15.1 Å². The van der Waals surface area contributed by atoms with Crippen LogP contribution in [0.5, 0.6) is 0 Å². The summed E-state index contributed by atoms with van der Waals surface area (Å²) in [5, 5.41) is 3.23. The van der Waals surface area contributed by atoms with Crippen molar-refractivity contribution in [1.29, 1.82) is 0 Å². The van der Waals surface area contributed by atoms with Crippen LogP contribution in [0.1, 0.15) is 23.2 Å². The van der Waals surface area contributed by atoms with Gasteiger partial charge in [0.15, 0.2) is 0 Å². The van der Waals surface area contributed by atoms with E-state index in [4.69, 9.17) is 0 Å². The van der Waals surface area contributed by atoms with Crippen LogP contribution < -0.4 is 5.32 Å². The normalized spacial score (nSPS) is 17.4. The summed E-state index contributed by atoms with van der Waals surface area (Å²) in [4.78, 5) is 28.3. The van der Waals surface area contributed by atoms with Gasteiger partial charge in [-0.1, -0.05) is 15.9 Å². The van der Waals surface area contributed by atoms with Gasteiger partial charge in [-0.15, -0.1) is 12.4 Å². The second-order valence-electron chi connectivity index (χ2n) is 6.25. The van der Waals surface area contributed by atoms with Crippen LogP contribution in [-0.4, -0.2) is 60.9 Å². The zero-order chi connectivity index (χ0) is 16.2. The summed E-state index contributed by atoms with van der Waals surface area (Å²) in [6.07, 6.45) is 2.58. The average Bonchev–Trinajstić information content (AvgIpc) is 3.39. The van der Waals surface area contributed by atoms with Crippen molar-refractivity contribution in [2.24, 2.45) is 5.92 Å². The van der Waals surface area contributed by atoms with Crippen LogP contribution in [-0.2, 0) is 4.79 Å². The Bertz CT molecular complexity index is 570. The third-order valence-corrected chi connectivity index (χ3v) is 4.95. The molecule has 1 heterocycles. The van der Waals surface area contributed by atoms with E-state index in [0.717, 1.165) is 16.9 Å². The van der Waals surface area contributed by atoms with E-state index in [1.54, 1.807) is 0 Å². The number of piperazine rings is 1. The molecule has 0 bridgehead atoms. The number of halogens is 2. The monoisotopic (exact) mass is 415 g/mol. The van der Waals surface area contributed by atoms with Crippen molar-refractivity contribution in [3.8, 4) is 0 Å². The Morgan fingerprint density at radius 2 is 1.62 bits per heavy atom. The van der Waals surface area contributed by atoms with E-state index in [0.29, 0.717) is 38.3 Å². The molecule has 1 aliphatic heterocycles. The first-order valence-electron chi connectivity index (χ1n) is 8.17. The summed E-state index contributed by atoms with van der Waals surface area (Å²) in [6, 6.07) is 7.40. The Kier molecular flexibility index (Phi) is 7.07. The molecule has 0 unspecified atom stereocenters. The topological polar surface area (TPSA) is 52.7 Å². The molecule has 0 spiro atoms. The first-order valence-corrected chi connectivity index (χ1v) is 8.96. The van der Waals surface area contributed by atoms with Gasteiger partial charge in [0.1, 0.15) is 0 Å². The quantitative estimate of drug-likeness (QED) is 0.800. The predicted octanol–water partition coefficient (Wildman–Crippen LogP) is 2.15. The highest BCUT2D eigenvalue weighted by atomic mass is 79.9. The maximum Gasteiger partial charge on any atom is 0.253 e. The van der Waals surface area contributed by atoms with Gasteiger partial charge >= 0.3 is 0 Å². The molecule has 1 aliphatic carbocycles. The predicted molar refractivity (Wildman–Crippen MR) is 99.5 cm³/mol. The van der Waals surface area contributed by atoms with Crippen molar-refractivity contribution in [3.05, 3.63) is 34.3 Å². The number of rotatable bonds is 5. The van der Waals surface area contributed by atoms with Crippen LogP contribution in [0.15, 0.2) is 28.7 Å². The summed E-state index contributed by atoms with van der Waals surface area (Å²) in [5.74, 6) is 0.959. The van der Waals surface area contributed by atoms with E-state index in [-0.39, 0.29) is 24.2 Å². The SMILES string of the molecule is Cl.O=C(CNCC1CC1)N1CCN(C(=O)c2ccc(Br)cc2)CC1. The number of carbonyl (C=O) groups excluding carboxylic acids is 2. The zero-order valence-corrected chi connectivity index (χ0v) is 15.9. The molecular weight excluding hydrogens is 394 g/mol. The summed E-state index contributed by atoms with van der Waals surface area (Å²) in [6.45, 7) is 3.80. The fourth-order valence-electron chi connectivity index (χ4n) is 2.75. The van der Waals surface area contributed by atoms with Gasteiger partial charge in [-0.3, -0.25) is 9.59 Å². The Hall–Kier alpha value is -1.11. The highest BCUT2D eigenvalue weighted by Gasteiger charge is 2.25. The Balaban J connectivity index is 0.00000208. The lowest BCUT2D eigenvalue weighted by Gasteiger charge is -2.35. The molecule has 0 atom stereocenters. The fraction of sp³-hybridized carbons (Fsp3) is 0.529. The lowest BCUT2D eigenvalue weighted by Crippen LogP contribution is -2.52. The molecule has 2 fully saturated rings. The van der Waals surface area contributed by atoms with Crippen LogP contribution in [0.25, 0.3) is 0 Å². The van der Waals surface area contributed by atoms with E-state index in [1.165, 1.54) is 12.8 Å². The highest BCUT2D eigenvalue weighted by Crippen LogP contribution is 2.27. The Labute approximate surface area is 157 Å². The molecule has 132 valence electrons. The van der Waals surface area contributed by atoms with Crippen LogP contribution >= 0.6 is 28.3 Å². The molecule has 1 aromatic carbocycles. The number of hydrogen-bond acceptors (Lipinski definition) is 3. The van der Waals surface area contributed by atoms with E-state index < -0.39 is 0 Å². The van der Waals surface area contributed by atoms with Gasteiger partial charge in [0, 0.05) is 36.2 Å². The van der Waals surface area contributed by atoms with Crippen molar-refractivity contribution in [3.63, 3.8) is 0 Å². The van der Waals surface area contributed by atoms with E-state index in [1.807, 2.05) is 34.1 Å². The number of hydrogen-bond donors (Lipinski definition) is 1. The smallest absolute Gasteiger partial charge is 0.253 e. The fourth-order valence-corrected chi connectivity index (χ4v) is 3.02. The number of nitrogens with zero attached hydrogens (tertiary/aromatic N) is 2.